The molecule has 1 heterocycles. The van der Waals surface area contributed by atoms with Gasteiger partial charge in [-0.2, -0.15) is 0 Å². The molecule has 112 valence electrons. The van der Waals surface area contributed by atoms with Crippen LogP contribution in [0.25, 0.3) is 0 Å². The molecular formula is C17H34N2. The summed E-state index contributed by atoms with van der Waals surface area (Å²) in [6.07, 6.45) is 4.08. The van der Waals surface area contributed by atoms with E-state index < -0.39 is 0 Å². The van der Waals surface area contributed by atoms with Crippen LogP contribution in [0.2, 0.25) is 0 Å². The molecule has 1 saturated carbocycles. The Bertz CT molecular complexity index is 292. The Morgan fingerprint density at radius 2 is 1.84 bits per heavy atom. The first kappa shape index (κ1) is 15.3. The molecule has 1 aliphatic carbocycles. The van der Waals surface area contributed by atoms with E-state index in [1.165, 1.54) is 38.9 Å². The number of nitrogens with one attached hydrogen (secondary N) is 1. The Balaban J connectivity index is 1.85. The highest BCUT2D eigenvalue weighted by atomic mass is 15.1. The van der Waals surface area contributed by atoms with E-state index in [2.05, 4.69) is 51.8 Å². The van der Waals surface area contributed by atoms with Crippen molar-refractivity contribution >= 4 is 0 Å². The third-order valence-electron chi connectivity index (χ3n) is 6.24. The Morgan fingerprint density at radius 1 is 1.21 bits per heavy atom. The normalized spacial score (nSPS) is 32.2. The van der Waals surface area contributed by atoms with Crippen LogP contribution < -0.4 is 5.32 Å². The molecule has 1 saturated heterocycles. The van der Waals surface area contributed by atoms with Crippen molar-refractivity contribution in [3.63, 3.8) is 0 Å². The lowest BCUT2D eigenvalue weighted by atomic mass is 9.91. The number of hydrogen-bond donors (Lipinski definition) is 1. The molecule has 2 atom stereocenters. The fourth-order valence-electron chi connectivity index (χ4n) is 4.03. The van der Waals surface area contributed by atoms with E-state index in [4.69, 9.17) is 0 Å². The van der Waals surface area contributed by atoms with Crippen LogP contribution in [0, 0.1) is 16.7 Å². The SMILES string of the molecule is CCCN1CCCC(C(C)NC2C(C)(C)C2(C)C)C1. The number of piperidine rings is 1. The minimum absolute atomic E-state index is 0.457. The summed E-state index contributed by atoms with van der Waals surface area (Å²) in [5.74, 6) is 0.840. The minimum Gasteiger partial charge on any atom is -0.310 e. The van der Waals surface area contributed by atoms with Crippen molar-refractivity contribution in [1.29, 1.82) is 0 Å². The molecule has 2 nitrogen and oxygen atoms in total. The molecule has 0 bridgehead atoms. The molecule has 0 radical (unpaired) electrons. The molecular weight excluding hydrogens is 232 g/mol. The van der Waals surface area contributed by atoms with Gasteiger partial charge in [-0.3, -0.25) is 0 Å². The maximum Gasteiger partial charge on any atom is 0.0183 e. The van der Waals surface area contributed by atoms with E-state index in [1.54, 1.807) is 0 Å². The van der Waals surface area contributed by atoms with Crippen molar-refractivity contribution in [1.82, 2.24) is 10.2 Å². The maximum absolute atomic E-state index is 3.94. The second-order valence-corrected chi connectivity index (χ2v) is 8.03. The molecule has 0 aromatic heterocycles. The number of nitrogens with zero attached hydrogens (tertiary/aromatic N) is 1. The van der Waals surface area contributed by atoms with Gasteiger partial charge in [0, 0.05) is 18.6 Å². The van der Waals surface area contributed by atoms with Crippen molar-refractivity contribution in [2.24, 2.45) is 16.7 Å². The zero-order chi connectivity index (χ0) is 14.3. The fraction of sp³-hybridized carbons (Fsp3) is 1.00. The molecule has 2 aliphatic rings. The van der Waals surface area contributed by atoms with Crippen LogP contribution in [-0.4, -0.2) is 36.6 Å². The second kappa shape index (κ2) is 5.37. The van der Waals surface area contributed by atoms with E-state index in [-0.39, 0.29) is 0 Å². The molecule has 19 heavy (non-hydrogen) atoms. The summed E-state index contributed by atoms with van der Waals surface area (Å²) >= 11 is 0. The van der Waals surface area contributed by atoms with Crippen molar-refractivity contribution in [2.45, 2.75) is 72.9 Å². The molecule has 2 fully saturated rings. The highest BCUT2D eigenvalue weighted by Gasteiger charge is 2.64. The standard InChI is InChI=1S/C17H34N2/c1-7-10-19-11-8-9-14(12-19)13(2)18-15-16(3,4)17(15,5)6/h13-15,18H,7-12H2,1-6H3. The lowest BCUT2D eigenvalue weighted by Crippen LogP contribution is -2.46. The van der Waals surface area contributed by atoms with Crippen LogP contribution in [0.4, 0.5) is 0 Å². The zero-order valence-corrected chi connectivity index (χ0v) is 13.9. The van der Waals surface area contributed by atoms with Gasteiger partial charge in [0.25, 0.3) is 0 Å². The predicted molar refractivity (Wildman–Crippen MR) is 83.4 cm³/mol. The van der Waals surface area contributed by atoms with Gasteiger partial charge >= 0.3 is 0 Å². The monoisotopic (exact) mass is 266 g/mol. The van der Waals surface area contributed by atoms with Gasteiger partial charge in [0.1, 0.15) is 0 Å². The third kappa shape index (κ3) is 2.85. The van der Waals surface area contributed by atoms with Gasteiger partial charge in [0.05, 0.1) is 0 Å². The van der Waals surface area contributed by atoms with Gasteiger partial charge in [-0.25, -0.2) is 0 Å². The Morgan fingerprint density at radius 3 is 2.37 bits per heavy atom. The van der Waals surface area contributed by atoms with E-state index in [0.717, 1.165) is 5.92 Å². The molecule has 1 aliphatic heterocycles. The quantitative estimate of drug-likeness (QED) is 0.819. The Hall–Kier alpha value is -0.0800. The lowest BCUT2D eigenvalue weighted by molar-refractivity contribution is 0.148. The largest absolute Gasteiger partial charge is 0.310 e. The van der Waals surface area contributed by atoms with Crippen LogP contribution >= 0.6 is 0 Å². The van der Waals surface area contributed by atoms with Gasteiger partial charge in [-0.1, -0.05) is 34.6 Å². The summed E-state index contributed by atoms with van der Waals surface area (Å²) in [6, 6.07) is 1.35. The Kier molecular flexibility index (Phi) is 4.32. The first-order chi connectivity index (χ1) is 8.80. The topological polar surface area (TPSA) is 15.3 Å². The van der Waals surface area contributed by atoms with Gasteiger partial charge in [0.2, 0.25) is 0 Å². The van der Waals surface area contributed by atoms with Crippen LogP contribution in [-0.2, 0) is 0 Å². The first-order valence-electron chi connectivity index (χ1n) is 8.29. The molecule has 2 heteroatoms. The van der Waals surface area contributed by atoms with Crippen molar-refractivity contribution < 1.29 is 0 Å². The third-order valence-corrected chi connectivity index (χ3v) is 6.24. The molecule has 2 rings (SSSR count). The predicted octanol–water partition coefficient (Wildman–Crippen LogP) is 3.52. The van der Waals surface area contributed by atoms with Crippen molar-refractivity contribution in [2.75, 3.05) is 19.6 Å². The molecule has 0 aromatic carbocycles. The summed E-state index contributed by atoms with van der Waals surface area (Å²) in [4.78, 5) is 2.66. The second-order valence-electron chi connectivity index (χ2n) is 8.03. The molecule has 2 unspecified atom stereocenters. The average molecular weight is 266 g/mol. The summed E-state index contributed by atoms with van der Waals surface area (Å²) in [5.41, 5.74) is 0.915. The number of rotatable bonds is 5. The summed E-state index contributed by atoms with van der Waals surface area (Å²) < 4.78 is 0. The van der Waals surface area contributed by atoms with Gasteiger partial charge in [-0.05, 0) is 56.0 Å². The summed E-state index contributed by atoms with van der Waals surface area (Å²) in [5, 5.41) is 3.94. The number of likely N-dealkylation sites (tertiary alicyclic amines) is 1. The smallest absolute Gasteiger partial charge is 0.0183 e. The highest BCUT2D eigenvalue weighted by molar-refractivity contribution is 5.18. The van der Waals surface area contributed by atoms with E-state index >= 15 is 0 Å². The molecule has 0 aromatic rings. The van der Waals surface area contributed by atoms with Crippen LogP contribution in [0.3, 0.4) is 0 Å². The Labute approximate surface area is 120 Å². The van der Waals surface area contributed by atoms with Gasteiger partial charge in [0.15, 0.2) is 0 Å². The maximum atomic E-state index is 3.94. The van der Waals surface area contributed by atoms with E-state index in [0.29, 0.717) is 22.9 Å². The van der Waals surface area contributed by atoms with Crippen molar-refractivity contribution in [3.05, 3.63) is 0 Å². The van der Waals surface area contributed by atoms with E-state index in [9.17, 15) is 0 Å². The first-order valence-corrected chi connectivity index (χ1v) is 8.29. The van der Waals surface area contributed by atoms with Gasteiger partial charge < -0.3 is 10.2 Å². The van der Waals surface area contributed by atoms with Crippen molar-refractivity contribution in [3.8, 4) is 0 Å². The van der Waals surface area contributed by atoms with Crippen LogP contribution in [0.15, 0.2) is 0 Å². The lowest BCUT2D eigenvalue weighted by Gasteiger charge is -2.36. The summed E-state index contributed by atoms with van der Waals surface area (Å²) in [6.45, 7) is 18.2. The molecule has 0 amide bonds. The molecule has 0 spiro atoms. The highest BCUT2D eigenvalue weighted by Crippen LogP contribution is 2.62. The van der Waals surface area contributed by atoms with Crippen LogP contribution in [0.1, 0.15) is 60.8 Å². The van der Waals surface area contributed by atoms with E-state index in [1.807, 2.05) is 0 Å². The van der Waals surface area contributed by atoms with Gasteiger partial charge in [-0.15, -0.1) is 0 Å². The molecule has 1 N–H and O–H groups in total. The number of hydrogen-bond acceptors (Lipinski definition) is 2. The fourth-order valence-corrected chi connectivity index (χ4v) is 4.03. The average Bonchev–Trinajstić information content (AvgIpc) is 2.72. The summed E-state index contributed by atoms with van der Waals surface area (Å²) in [7, 11) is 0. The minimum atomic E-state index is 0.457. The zero-order valence-electron chi connectivity index (χ0n) is 13.9. The van der Waals surface area contributed by atoms with Crippen LogP contribution in [0.5, 0.6) is 0 Å².